The molecule has 0 N–H and O–H groups in total. The van der Waals surface area contributed by atoms with Gasteiger partial charge in [-0.25, -0.2) is 4.79 Å². The molecule has 152 valence electrons. The third kappa shape index (κ3) is 4.35. The summed E-state index contributed by atoms with van der Waals surface area (Å²) in [5, 5.41) is 0. The highest BCUT2D eigenvalue weighted by molar-refractivity contribution is 5.98. The molecule has 1 amide bonds. The number of Topliss-reactive ketones (excluding diaryl/α,β-unsaturated/α-hetero) is 1. The van der Waals surface area contributed by atoms with Crippen molar-refractivity contribution in [2.24, 2.45) is 5.92 Å². The van der Waals surface area contributed by atoms with E-state index in [1.165, 1.54) is 5.56 Å². The van der Waals surface area contributed by atoms with Crippen molar-refractivity contribution in [1.82, 2.24) is 4.90 Å². The number of carbonyl (C=O) groups excluding carboxylic acids is 2. The van der Waals surface area contributed by atoms with Crippen LogP contribution in [0.1, 0.15) is 41.3 Å². The van der Waals surface area contributed by atoms with Gasteiger partial charge in [0, 0.05) is 11.5 Å². The Morgan fingerprint density at radius 2 is 1.69 bits per heavy atom. The van der Waals surface area contributed by atoms with E-state index in [0.717, 1.165) is 17.5 Å². The molecule has 2 aromatic carbocycles. The first-order valence-electron chi connectivity index (χ1n) is 10.4. The molecule has 0 aliphatic carbocycles. The number of hydrogen-bond donors (Lipinski definition) is 0. The highest BCUT2D eigenvalue weighted by Gasteiger charge is 2.44. The van der Waals surface area contributed by atoms with Gasteiger partial charge < -0.3 is 9.47 Å². The zero-order valence-electron chi connectivity index (χ0n) is 16.8. The molecule has 0 aromatic heterocycles. The number of morpholine rings is 1. The van der Waals surface area contributed by atoms with E-state index in [1.807, 2.05) is 54.6 Å². The minimum absolute atomic E-state index is 0.0841. The van der Waals surface area contributed by atoms with E-state index < -0.39 is 0 Å². The minimum Gasteiger partial charge on any atom is -0.445 e. The smallest absolute Gasteiger partial charge is 0.410 e. The van der Waals surface area contributed by atoms with Gasteiger partial charge in [0.2, 0.25) is 0 Å². The van der Waals surface area contributed by atoms with E-state index in [4.69, 9.17) is 9.47 Å². The molecule has 2 saturated heterocycles. The van der Waals surface area contributed by atoms with Crippen molar-refractivity contribution in [2.45, 2.75) is 44.9 Å². The van der Waals surface area contributed by atoms with E-state index >= 15 is 0 Å². The summed E-state index contributed by atoms with van der Waals surface area (Å²) in [5.74, 6) is 0.0914. The summed E-state index contributed by atoms with van der Waals surface area (Å²) in [4.78, 5) is 27.7. The molecule has 2 bridgehead atoms. The number of ether oxygens (including phenoxy) is 2. The summed E-state index contributed by atoms with van der Waals surface area (Å²) >= 11 is 0. The number of hydrogen-bond acceptors (Lipinski definition) is 4. The lowest BCUT2D eigenvalue weighted by molar-refractivity contribution is -0.0755. The Hall–Kier alpha value is -2.66. The summed E-state index contributed by atoms with van der Waals surface area (Å²) < 4.78 is 11.3. The molecule has 4 rings (SSSR count). The fourth-order valence-corrected chi connectivity index (χ4v) is 4.40. The summed E-state index contributed by atoms with van der Waals surface area (Å²) in [6.07, 6.45) is 1.83. The van der Waals surface area contributed by atoms with Crippen molar-refractivity contribution in [3.8, 4) is 0 Å². The van der Waals surface area contributed by atoms with E-state index in [-0.39, 0.29) is 36.5 Å². The van der Waals surface area contributed by atoms with Crippen LogP contribution in [0.5, 0.6) is 0 Å². The molecule has 2 aliphatic heterocycles. The van der Waals surface area contributed by atoms with E-state index in [2.05, 4.69) is 6.92 Å². The largest absolute Gasteiger partial charge is 0.445 e. The number of rotatable bonds is 5. The fourth-order valence-electron chi connectivity index (χ4n) is 4.40. The monoisotopic (exact) mass is 393 g/mol. The maximum absolute atomic E-state index is 13.1. The van der Waals surface area contributed by atoms with Gasteiger partial charge in [-0.2, -0.15) is 0 Å². The quantitative estimate of drug-likeness (QED) is 0.713. The van der Waals surface area contributed by atoms with Crippen LogP contribution in [-0.2, 0) is 22.5 Å². The van der Waals surface area contributed by atoms with E-state index in [0.29, 0.717) is 26.1 Å². The highest BCUT2D eigenvalue weighted by Crippen LogP contribution is 2.34. The topological polar surface area (TPSA) is 55.8 Å². The minimum atomic E-state index is -0.314. The van der Waals surface area contributed by atoms with Gasteiger partial charge in [-0.1, -0.05) is 55.5 Å². The molecule has 2 aromatic rings. The van der Waals surface area contributed by atoms with Gasteiger partial charge in [-0.15, -0.1) is 0 Å². The van der Waals surface area contributed by atoms with Crippen LogP contribution in [0.4, 0.5) is 4.79 Å². The molecule has 5 nitrogen and oxygen atoms in total. The average Bonchev–Trinajstić information content (AvgIpc) is 2.76. The number of nitrogens with zero attached hydrogens (tertiary/aromatic N) is 1. The summed E-state index contributed by atoms with van der Waals surface area (Å²) in [5.41, 5.74) is 2.90. The maximum Gasteiger partial charge on any atom is 0.410 e. The average molecular weight is 393 g/mol. The van der Waals surface area contributed by atoms with Gasteiger partial charge in [0.05, 0.1) is 25.3 Å². The van der Waals surface area contributed by atoms with Crippen molar-refractivity contribution >= 4 is 11.9 Å². The van der Waals surface area contributed by atoms with Crippen molar-refractivity contribution in [3.05, 3.63) is 71.3 Å². The Labute approximate surface area is 171 Å². The molecule has 0 spiro atoms. The number of fused-ring (bicyclic) bond motifs is 2. The van der Waals surface area contributed by atoms with Gasteiger partial charge in [0.25, 0.3) is 0 Å². The lowest BCUT2D eigenvalue weighted by atomic mass is 9.80. The molecule has 2 aliphatic rings. The first-order chi connectivity index (χ1) is 14.2. The molecule has 2 unspecified atom stereocenters. The lowest BCUT2D eigenvalue weighted by Gasteiger charge is -2.47. The molecule has 0 saturated carbocycles. The third-order valence-electron chi connectivity index (χ3n) is 5.93. The molecule has 29 heavy (non-hydrogen) atoms. The summed E-state index contributed by atoms with van der Waals surface area (Å²) in [7, 11) is 0. The normalized spacial score (nSPS) is 23.5. The van der Waals surface area contributed by atoms with Crippen LogP contribution in [0.25, 0.3) is 0 Å². The number of benzene rings is 2. The van der Waals surface area contributed by atoms with Crippen molar-refractivity contribution in [3.63, 3.8) is 0 Å². The predicted molar refractivity (Wildman–Crippen MR) is 110 cm³/mol. The number of aryl methyl sites for hydroxylation is 1. The first kappa shape index (κ1) is 19.6. The second kappa shape index (κ2) is 8.78. The molecule has 2 heterocycles. The Bertz CT molecular complexity index is 852. The van der Waals surface area contributed by atoms with Crippen LogP contribution >= 0.6 is 0 Å². The predicted octanol–water partition coefficient (Wildman–Crippen LogP) is 4.25. The molecule has 0 radical (unpaired) electrons. The number of ketones is 1. The summed E-state index contributed by atoms with van der Waals surface area (Å²) in [6.45, 7) is 3.25. The van der Waals surface area contributed by atoms with Crippen LogP contribution in [0.2, 0.25) is 0 Å². The Morgan fingerprint density at radius 1 is 1.00 bits per heavy atom. The van der Waals surface area contributed by atoms with Crippen LogP contribution in [0.15, 0.2) is 54.6 Å². The molecular weight excluding hydrogens is 366 g/mol. The van der Waals surface area contributed by atoms with Crippen molar-refractivity contribution in [1.29, 1.82) is 0 Å². The van der Waals surface area contributed by atoms with Crippen LogP contribution in [-0.4, -0.2) is 42.1 Å². The second-order valence-electron chi connectivity index (χ2n) is 7.88. The van der Waals surface area contributed by atoms with Crippen LogP contribution in [0.3, 0.4) is 0 Å². The van der Waals surface area contributed by atoms with E-state index in [9.17, 15) is 9.59 Å². The third-order valence-corrected chi connectivity index (χ3v) is 5.93. The SMILES string of the molecule is CCc1cccc(C(=O)C2CC3COCC(C2)N3C(=O)OCc2ccccc2)c1. The van der Waals surface area contributed by atoms with Crippen LogP contribution < -0.4 is 0 Å². The number of amides is 1. The van der Waals surface area contributed by atoms with Gasteiger partial charge in [0.1, 0.15) is 6.61 Å². The zero-order chi connectivity index (χ0) is 20.2. The Morgan fingerprint density at radius 3 is 2.38 bits per heavy atom. The van der Waals surface area contributed by atoms with Gasteiger partial charge in [-0.3, -0.25) is 9.69 Å². The molecular formula is C24H27NO4. The second-order valence-corrected chi connectivity index (χ2v) is 7.88. The Kier molecular flexibility index (Phi) is 5.95. The Balaban J connectivity index is 1.43. The van der Waals surface area contributed by atoms with Crippen LogP contribution in [0, 0.1) is 5.92 Å². The maximum atomic E-state index is 13.1. The molecule has 2 atom stereocenters. The van der Waals surface area contributed by atoms with Crippen molar-refractivity contribution < 1.29 is 19.1 Å². The molecule has 2 fully saturated rings. The van der Waals surface area contributed by atoms with E-state index in [1.54, 1.807) is 4.90 Å². The van der Waals surface area contributed by atoms with Gasteiger partial charge in [0.15, 0.2) is 5.78 Å². The first-order valence-corrected chi connectivity index (χ1v) is 10.4. The van der Waals surface area contributed by atoms with Gasteiger partial charge >= 0.3 is 6.09 Å². The number of piperidine rings is 1. The number of carbonyl (C=O) groups is 2. The summed E-state index contributed by atoms with van der Waals surface area (Å²) in [6, 6.07) is 17.3. The lowest BCUT2D eigenvalue weighted by Crippen LogP contribution is -2.59. The zero-order valence-corrected chi connectivity index (χ0v) is 16.8. The standard InChI is InChI=1S/C24H27NO4/c1-2-17-9-6-10-19(11-17)23(26)20-12-21-15-28-16-22(13-20)25(21)24(27)29-14-18-7-4-3-5-8-18/h3-11,20-22H,2,12-16H2,1H3. The van der Waals surface area contributed by atoms with Gasteiger partial charge in [-0.05, 0) is 36.5 Å². The van der Waals surface area contributed by atoms with Crippen molar-refractivity contribution in [2.75, 3.05) is 13.2 Å². The highest BCUT2D eigenvalue weighted by atomic mass is 16.6. The fraction of sp³-hybridized carbons (Fsp3) is 0.417. The molecule has 5 heteroatoms.